The minimum absolute atomic E-state index is 0.377. The fraction of sp³-hybridized carbons (Fsp3) is 0.235. The molecule has 0 bridgehead atoms. The summed E-state index contributed by atoms with van der Waals surface area (Å²) >= 11 is 3.52. The van der Waals surface area contributed by atoms with Crippen LogP contribution in [0.5, 0.6) is 0 Å². The van der Waals surface area contributed by atoms with Crippen LogP contribution in [-0.2, 0) is 6.42 Å². The van der Waals surface area contributed by atoms with E-state index in [0.717, 1.165) is 23.0 Å². The molecule has 0 spiro atoms. The Morgan fingerprint density at radius 3 is 2.55 bits per heavy atom. The van der Waals surface area contributed by atoms with Crippen LogP contribution in [0.3, 0.4) is 0 Å². The fourth-order valence-electron chi connectivity index (χ4n) is 2.12. The summed E-state index contributed by atoms with van der Waals surface area (Å²) in [7, 11) is 0. The number of anilines is 1. The van der Waals surface area contributed by atoms with Gasteiger partial charge < -0.3 is 5.32 Å². The Hall–Kier alpha value is -1.79. The van der Waals surface area contributed by atoms with E-state index in [1.54, 1.807) is 0 Å². The topological polar surface area (TPSA) is 35.8 Å². The molecule has 0 aliphatic carbocycles. The second kappa shape index (κ2) is 7.12. The number of nitriles is 1. The summed E-state index contributed by atoms with van der Waals surface area (Å²) in [6.45, 7) is 2.18. The van der Waals surface area contributed by atoms with Gasteiger partial charge in [-0.2, -0.15) is 5.26 Å². The predicted molar refractivity (Wildman–Crippen MR) is 86.7 cm³/mol. The van der Waals surface area contributed by atoms with Crippen LogP contribution in [0.25, 0.3) is 0 Å². The Kier molecular flexibility index (Phi) is 5.20. The molecular weight excluding hydrogens is 312 g/mol. The maximum absolute atomic E-state index is 8.88. The third-order valence-electron chi connectivity index (χ3n) is 3.28. The molecular formula is C17H17BrN2. The normalized spacial score (nSPS) is 11.7. The third-order valence-corrected chi connectivity index (χ3v) is 3.93. The van der Waals surface area contributed by atoms with Crippen molar-refractivity contribution in [3.8, 4) is 6.07 Å². The van der Waals surface area contributed by atoms with Crippen LogP contribution in [0.2, 0.25) is 0 Å². The van der Waals surface area contributed by atoms with E-state index < -0.39 is 0 Å². The number of benzene rings is 2. The van der Waals surface area contributed by atoms with Gasteiger partial charge in [0.2, 0.25) is 0 Å². The van der Waals surface area contributed by atoms with Crippen molar-refractivity contribution in [1.82, 2.24) is 0 Å². The zero-order chi connectivity index (χ0) is 14.4. The van der Waals surface area contributed by atoms with Crippen LogP contribution in [0.1, 0.15) is 24.5 Å². The van der Waals surface area contributed by atoms with Crippen molar-refractivity contribution in [3.05, 3.63) is 64.1 Å². The molecule has 102 valence electrons. The molecule has 2 nitrogen and oxygen atoms in total. The van der Waals surface area contributed by atoms with Crippen LogP contribution in [0.15, 0.2) is 53.0 Å². The first-order valence-electron chi connectivity index (χ1n) is 6.73. The van der Waals surface area contributed by atoms with Crippen LogP contribution in [-0.4, -0.2) is 6.04 Å². The molecule has 0 fully saturated rings. The van der Waals surface area contributed by atoms with Crippen molar-refractivity contribution in [1.29, 1.82) is 5.26 Å². The van der Waals surface area contributed by atoms with Crippen molar-refractivity contribution < 1.29 is 0 Å². The van der Waals surface area contributed by atoms with Gasteiger partial charge in [-0.05, 0) is 52.5 Å². The van der Waals surface area contributed by atoms with Crippen LogP contribution in [0, 0.1) is 11.3 Å². The molecule has 1 N–H and O–H groups in total. The zero-order valence-electron chi connectivity index (χ0n) is 11.4. The van der Waals surface area contributed by atoms with Crippen LogP contribution in [0.4, 0.5) is 5.69 Å². The van der Waals surface area contributed by atoms with E-state index in [9.17, 15) is 0 Å². The average molecular weight is 329 g/mol. The van der Waals surface area contributed by atoms with E-state index in [-0.39, 0.29) is 0 Å². The first-order valence-corrected chi connectivity index (χ1v) is 7.52. The number of hydrogen-bond acceptors (Lipinski definition) is 2. The minimum atomic E-state index is 0.377. The van der Waals surface area contributed by atoms with Gasteiger partial charge in [-0.15, -0.1) is 0 Å². The molecule has 0 aliphatic heterocycles. The second-order valence-electron chi connectivity index (χ2n) is 4.75. The predicted octanol–water partition coefficient (Wildman–Crippen LogP) is 4.75. The second-order valence-corrected chi connectivity index (χ2v) is 5.60. The summed E-state index contributed by atoms with van der Waals surface area (Å²) < 4.78 is 0.933. The number of rotatable bonds is 5. The number of halogens is 1. The standard InChI is InChI=1S/C17H17BrN2/c1-2-15(10-13-6-4-3-5-7-13)20-17-9-8-14(12-19)11-16(17)18/h3-9,11,15,20H,2,10H2,1H3. The molecule has 20 heavy (non-hydrogen) atoms. The molecule has 1 atom stereocenters. The van der Waals surface area contributed by atoms with E-state index >= 15 is 0 Å². The lowest BCUT2D eigenvalue weighted by Crippen LogP contribution is -2.21. The lowest BCUT2D eigenvalue weighted by atomic mass is 10.0. The molecule has 1 unspecified atom stereocenters. The molecule has 0 aliphatic rings. The molecule has 3 heteroatoms. The molecule has 0 heterocycles. The summed E-state index contributed by atoms with van der Waals surface area (Å²) in [5.74, 6) is 0. The SMILES string of the molecule is CCC(Cc1ccccc1)Nc1ccc(C#N)cc1Br. The highest BCUT2D eigenvalue weighted by molar-refractivity contribution is 9.10. The maximum Gasteiger partial charge on any atom is 0.0992 e. The Bertz CT molecular complexity index is 602. The highest BCUT2D eigenvalue weighted by Crippen LogP contribution is 2.25. The first-order chi connectivity index (χ1) is 9.72. The molecule has 0 radical (unpaired) electrons. The Labute approximate surface area is 128 Å². The highest BCUT2D eigenvalue weighted by atomic mass is 79.9. The number of nitrogens with one attached hydrogen (secondary N) is 1. The van der Waals surface area contributed by atoms with Gasteiger partial charge in [0.15, 0.2) is 0 Å². The number of hydrogen-bond donors (Lipinski definition) is 1. The molecule has 0 aromatic heterocycles. The van der Waals surface area contributed by atoms with Gasteiger partial charge in [0.05, 0.1) is 11.6 Å². The molecule has 0 saturated carbocycles. The van der Waals surface area contributed by atoms with Crippen LogP contribution >= 0.6 is 15.9 Å². The summed E-state index contributed by atoms with van der Waals surface area (Å²) in [6.07, 6.45) is 2.03. The van der Waals surface area contributed by atoms with Gasteiger partial charge in [-0.25, -0.2) is 0 Å². The van der Waals surface area contributed by atoms with Crippen LogP contribution < -0.4 is 5.32 Å². The van der Waals surface area contributed by atoms with Gasteiger partial charge in [-0.3, -0.25) is 0 Å². The van der Waals surface area contributed by atoms with E-state index in [1.165, 1.54) is 5.56 Å². The fourth-order valence-corrected chi connectivity index (χ4v) is 2.61. The molecule has 0 saturated heterocycles. The quantitative estimate of drug-likeness (QED) is 0.859. The minimum Gasteiger partial charge on any atom is -0.381 e. The largest absolute Gasteiger partial charge is 0.381 e. The number of nitrogens with zero attached hydrogens (tertiary/aromatic N) is 1. The van der Waals surface area contributed by atoms with E-state index in [1.807, 2.05) is 24.3 Å². The molecule has 0 amide bonds. The summed E-state index contributed by atoms with van der Waals surface area (Å²) in [4.78, 5) is 0. The molecule has 2 aromatic carbocycles. The summed E-state index contributed by atoms with van der Waals surface area (Å²) in [5.41, 5.74) is 3.03. The first kappa shape index (κ1) is 14.6. The Balaban J connectivity index is 2.09. The van der Waals surface area contributed by atoms with E-state index in [0.29, 0.717) is 11.6 Å². The van der Waals surface area contributed by atoms with Gasteiger partial charge in [0.1, 0.15) is 0 Å². The Morgan fingerprint density at radius 2 is 1.95 bits per heavy atom. The average Bonchev–Trinajstić information content (AvgIpc) is 2.49. The van der Waals surface area contributed by atoms with Crippen molar-refractivity contribution >= 4 is 21.6 Å². The van der Waals surface area contributed by atoms with E-state index in [4.69, 9.17) is 5.26 Å². The smallest absolute Gasteiger partial charge is 0.0992 e. The Morgan fingerprint density at radius 1 is 1.20 bits per heavy atom. The highest BCUT2D eigenvalue weighted by Gasteiger charge is 2.09. The monoisotopic (exact) mass is 328 g/mol. The maximum atomic E-state index is 8.88. The van der Waals surface area contributed by atoms with Gasteiger partial charge in [0, 0.05) is 16.2 Å². The van der Waals surface area contributed by atoms with Crippen molar-refractivity contribution in [2.45, 2.75) is 25.8 Å². The molecule has 2 aromatic rings. The summed E-state index contributed by atoms with van der Waals surface area (Å²) in [6, 6.07) is 18.6. The van der Waals surface area contributed by atoms with Gasteiger partial charge in [-0.1, -0.05) is 37.3 Å². The molecule has 2 rings (SSSR count). The van der Waals surface area contributed by atoms with Crippen molar-refractivity contribution in [2.24, 2.45) is 0 Å². The van der Waals surface area contributed by atoms with Gasteiger partial charge >= 0.3 is 0 Å². The summed E-state index contributed by atoms with van der Waals surface area (Å²) in [5, 5.41) is 12.4. The zero-order valence-corrected chi connectivity index (χ0v) is 13.0. The van der Waals surface area contributed by atoms with Gasteiger partial charge in [0.25, 0.3) is 0 Å². The van der Waals surface area contributed by atoms with E-state index in [2.05, 4.69) is 58.5 Å². The lowest BCUT2D eigenvalue weighted by Gasteiger charge is -2.19. The third kappa shape index (κ3) is 3.85. The van der Waals surface area contributed by atoms with Crippen molar-refractivity contribution in [3.63, 3.8) is 0 Å². The van der Waals surface area contributed by atoms with Crippen molar-refractivity contribution in [2.75, 3.05) is 5.32 Å². The lowest BCUT2D eigenvalue weighted by molar-refractivity contribution is 0.690.